The molecule has 0 fully saturated rings. The van der Waals surface area contributed by atoms with Gasteiger partial charge in [-0.15, -0.1) is 0 Å². The predicted molar refractivity (Wildman–Crippen MR) is 74.9 cm³/mol. The van der Waals surface area contributed by atoms with Gasteiger partial charge in [0.25, 0.3) is 0 Å². The Hall–Kier alpha value is -1.94. The smallest absolute Gasteiger partial charge is 0.132 e. The van der Waals surface area contributed by atoms with E-state index >= 15 is 0 Å². The molecule has 106 valence electrons. The molecule has 2 nitrogen and oxygen atoms in total. The first-order chi connectivity index (χ1) is 9.43. The Balaban J connectivity index is 2.43. The fraction of sp³-hybridized carbons (Fsp3) is 0.250. The number of ether oxygens (including phenoxy) is 1. The maximum Gasteiger partial charge on any atom is 0.132 e. The molecule has 0 aliphatic heterocycles. The van der Waals surface area contributed by atoms with Crippen LogP contribution in [0, 0.1) is 25.5 Å². The van der Waals surface area contributed by atoms with Gasteiger partial charge >= 0.3 is 0 Å². The van der Waals surface area contributed by atoms with Crippen molar-refractivity contribution in [3.05, 3.63) is 64.2 Å². The van der Waals surface area contributed by atoms with Crippen LogP contribution < -0.4 is 10.5 Å². The lowest BCUT2D eigenvalue weighted by molar-refractivity contribution is 0.410. The maximum atomic E-state index is 14.0. The van der Waals surface area contributed by atoms with Crippen LogP contribution in [0.2, 0.25) is 0 Å². The zero-order valence-corrected chi connectivity index (χ0v) is 11.7. The van der Waals surface area contributed by atoms with Crippen LogP contribution in [0.4, 0.5) is 8.78 Å². The first-order valence-electron chi connectivity index (χ1n) is 6.29. The van der Waals surface area contributed by atoms with Crippen molar-refractivity contribution in [2.75, 3.05) is 7.11 Å². The van der Waals surface area contributed by atoms with E-state index in [2.05, 4.69) is 0 Å². The summed E-state index contributed by atoms with van der Waals surface area (Å²) in [5.41, 5.74) is 8.14. The second-order valence-corrected chi connectivity index (χ2v) is 4.83. The minimum absolute atomic E-state index is 0.254. The van der Waals surface area contributed by atoms with Gasteiger partial charge in [-0.2, -0.15) is 0 Å². The van der Waals surface area contributed by atoms with Gasteiger partial charge in [-0.25, -0.2) is 8.78 Å². The predicted octanol–water partition coefficient (Wildman–Crippen LogP) is 3.64. The number of aryl methyl sites for hydroxylation is 2. The summed E-state index contributed by atoms with van der Waals surface area (Å²) in [7, 11) is 1.47. The van der Waals surface area contributed by atoms with Crippen LogP contribution in [0.5, 0.6) is 5.75 Å². The number of hydrogen-bond acceptors (Lipinski definition) is 2. The summed E-state index contributed by atoms with van der Waals surface area (Å²) < 4.78 is 32.6. The lowest BCUT2D eigenvalue weighted by atomic mass is 9.95. The van der Waals surface area contributed by atoms with E-state index in [1.807, 2.05) is 0 Å². The summed E-state index contributed by atoms with van der Waals surface area (Å²) in [6.07, 6.45) is 0. The van der Waals surface area contributed by atoms with Crippen LogP contribution in [0.3, 0.4) is 0 Å². The quantitative estimate of drug-likeness (QED) is 0.929. The van der Waals surface area contributed by atoms with Crippen LogP contribution in [0.25, 0.3) is 0 Å². The van der Waals surface area contributed by atoms with Gasteiger partial charge in [-0.3, -0.25) is 0 Å². The number of rotatable bonds is 3. The molecule has 0 radical (unpaired) electrons. The molecule has 0 heterocycles. The highest BCUT2D eigenvalue weighted by molar-refractivity contribution is 5.39. The summed E-state index contributed by atoms with van der Waals surface area (Å²) in [6.45, 7) is 3.34. The zero-order valence-electron chi connectivity index (χ0n) is 11.7. The molecule has 2 rings (SSSR count). The fourth-order valence-electron chi connectivity index (χ4n) is 2.23. The molecule has 1 unspecified atom stereocenters. The third-order valence-corrected chi connectivity index (χ3v) is 3.36. The highest BCUT2D eigenvalue weighted by atomic mass is 19.1. The molecule has 0 aliphatic carbocycles. The van der Waals surface area contributed by atoms with E-state index in [0.717, 1.165) is 0 Å². The van der Waals surface area contributed by atoms with E-state index in [0.29, 0.717) is 28.0 Å². The molecule has 0 aromatic heterocycles. The van der Waals surface area contributed by atoms with Gasteiger partial charge in [-0.1, -0.05) is 18.2 Å². The Bertz CT molecular complexity index is 617. The van der Waals surface area contributed by atoms with Gasteiger partial charge in [0.15, 0.2) is 0 Å². The van der Waals surface area contributed by atoms with E-state index in [4.69, 9.17) is 10.5 Å². The first kappa shape index (κ1) is 14.5. The van der Waals surface area contributed by atoms with Crippen molar-refractivity contribution < 1.29 is 13.5 Å². The summed E-state index contributed by atoms with van der Waals surface area (Å²) in [6, 6.07) is 7.19. The van der Waals surface area contributed by atoms with Crippen molar-refractivity contribution in [1.29, 1.82) is 0 Å². The van der Waals surface area contributed by atoms with E-state index in [9.17, 15) is 8.78 Å². The van der Waals surface area contributed by atoms with Crippen molar-refractivity contribution in [2.24, 2.45) is 5.73 Å². The molecule has 2 aromatic rings. The molecule has 2 N–H and O–H groups in total. The molecule has 0 spiro atoms. The minimum atomic E-state index is -0.640. The first-order valence-corrected chi connectivity index (χ1v) is 6.29. The molecule has 20 heavy (non-hydrogen) atoms. The van der Waals surface area contributed by atoms with E-state index < -0.39 is 11.9 Å². The van der Waals surface area contributed by atoms with Crippen LogP contribution in [-0.2, 0) is 0 Å². The molecular formula is C16H17F2NO. The Morgan fingerprint density at radius 3 is 2.15 bits per heavy atom. The number of benzene rings is 2. The average Bonchev–Trinajstić information content (AvgIpc) is 2.43. The maximum absolute atomic E-state index is 14.0. The van der Waals surface area contributed by atoms with Gasteiger partial charge in [0.2, 0.25) is 0 Å². The third kappa shape index (κ3) is 2.65. The highest BCUT2D eigenvalue weighted by Crippen LogP contribution is 2.27. The SMILES string of the molecule is COc1ccc(C(N)c2cc(C)c(F)c(C)c2)c(F)c1. The van der Waals surface area contributed by atoms with Crippen molar-refractivity contribution in [3.8, 4) is 5.75 Å². The lowest BCUT2D eigenvalue weighted by Crippen LogP contribution is -2.14. The van der Waals surface area contributed by atoms with Crippen LogP contribution in [0.15, 0.2) is 30.3 Å². The van der Waals surface area contributed by atoms with Crippen molar-refractivity contribution in [2.45, 2.75) is 19.9 Å². The molecule has 1 atom stereocenters. The molecule has 0 aliphatic rings. The number of hydrogen-bond donors (Lipinski definition) is 1. The molecule has 0 saturated heterocycles. The zero-order chi connectivity index (χ0) is 14.9. The molecule has 2 aromatic carbocycles. The molecule has 4 heteroatoms. The summed E-state index contributed by atoms with van der Waals surface area (Å²) in [4.78, 5) is 0. The van der Waals surface area contributed by atoms with Gasteiger partial charge < -0.3 is 10.5 Å². The Labute approximate surface area is 117 Å². The monoisotopic (exact) mass is 277 g/mol. The topological polar surface area (TPSA) is 35.2 Å². The molecule has 0 amide bonds. The third-order valence-electron chi connectivity index (χ3n) is 3.36. The normalized spacial score (nSPS) is 12.3. The standard InChI is InChI=1S/C16H17F2NO/c1-9-6-11(7-10(2)15(9)18)16(19)13-5-4-12(20-3)8-14(13)17/h4-8,16H,19H2,1-3H3. The van der Waals surface area contributed by atoms with Crippen molar-refractivity contribution in [3.63, 3.8) is 0 Å². The van der Waals surface area contributed by atoms with Gasteiger partial charge in [0.1, 0.15) is 17.4 Å². The highest BCUT2D eigenvalue weighted by Gasteiger charge is 2.16. The van der Waals surface area contributed by atoms with Crippen molar-refractivity contribution >= 4 is 0 Å². The average molecular weight is 277 g/mol. The van der Waals surface area contributed by atoms with Crippen LogP contribution in [-0.4, -0.2) is 7.11 Å². The second kappa shape index (κ2) is 5.59. The Kier molecular flexibility index (Phi) is 4.04. The summed E-state index contributed by atoms with van der Waals surface area (Å²) >= 11 is 0. The molecular weight excluding hydrogens is 260 g/mol. The number of methoxy groups -OCH3 is 1. The number of nitrogens with two attached hydrogens (primary N) is 1. The number of halogens is 2. The van der Waals surface area contributed by atoms with Crippen molar-refractivity contribution in [1.82, 2.24) is 0 Å². The molecule has 0 saturated carbocycles. The van der Waals surface area contributed by atoms with Gasteiger partial charge in [0.05, 0.1) is 13.2 Å². The van der Waals surface area contributed by atoms with Crippen LogP contribution in [0.1, 0.15) is 28.3 Å². The van der Waals surface area contributed by atoms with Gasteiger partial charge in [0, 0.05) is 11.6 Å². The Morgan fingerprint density at radius 2 is 1.65 bits per heavy atom. The Morgan fingerprint density at radius 1 is 1.05 bits per heavy atom. The molecule has 0 bridgehead atoms. The minimum Gasteiger partial charge on any atom is -0.497 e. The van der Waals surface area contributed by atoms with E-state index in [-0.39, 0.29) is 5.82 Å². The summed E-state index contributed by atoms with van der Waals surface area (Å²) in [5.74, 6) is -0.252. The van der Waals surface area contributed by atoms with Gasteiger partial charge in [-0.05, 0) is 36.6 Å². The summed E-state index contributed by atoms with van der Waals surface area (Å²) in [5, 5.41) is 0. The largest absolute Gasteiger partial charge is 0.497 e. The second-order valence-electron chi connectivity index (χ2n) is 4.83. The van der Waals surface area contributed by atoms with E-state index in [1.165, 1.54) is 13.2 Å². The van der Waals surface area contributed by atoms with Crippen LogP contribution >= 0.6 is 0 Å². The lowest BCUT2D eigenvalue weighted by Gasteiger charge is -2.16. The fourth-order valence-corrected chi connectivity index (χ4v) is 2.23. The van der Waals surface area contributed by atoms with E-state index in [1.54, 1.807) is 38.1 Å².